The summed E-state index contributed by atoms with van der Waals surface area (Å²) in [7, 11) is 0. The van der Waals surface area contributed by atoms with E-state index in [0.717, 1.165) is 23.0 Å². The highest BCUT2D eigenvalue weighted by Crippen LogP contribution is 2.15. The van der Waals surface area contributed by atoms with Crippen LogP contribution in [0.5, 0.6) is 0 Å². The van der Waals surface area contributed by atoms with Crippen LogP contribution in [0.25, 0.3) is 0 Å². The number of rotatable bonds is 5. The average Bonchev–Trinajstić information content (AvgIpc) is 2.46. The zero-order chi connectivity index (χ0) is 15.1. The van der Waals surface area contributed by atoms with Crippen LogP contribution in [0.15, 0.2) is 59.1 Å². The summed E-state index contributed by atoms with van der Waals surface area (Å²) in [4.78, 5) is 0. The Morgan fingerprint density at radius 1 is 1.14 bits per heavy atom. The maximum atomic E-state index is 5.35. The zero-order valence-electron chi connectivity index (χ0n) is 12.0. The lowest BCUT2D eigenvalue weighted by Crippen LogP contribution is -2.36. The third-order valence-electron chi connectivity index (χ3n) is 3.17. The first-order valence-electron chi connectivity index (χ1n) is 7.00. The van der Waals surface area contributed by atoms with Crippen molar-refractivity contribution in [2.24, 2.45) is 0 Å². The molecule has 2 nitrogen and oxygen atoms in total. The Morgan fingerprint density at radius 2 is 1.90 bits per heavy atom. The van der Waals surface area contributed by atoms with E-state index in [1.165, 1.54) is 5.56 Å². The lowest BCUT2D eigenvalue weighted by Gasteiger charge is -2.17. The molecule has 2 N–H and O–H groups in total. The van der Waals surface area contributed by atoms with Gasteiger partial charge in [-0.15, -0.1) is 0 Å². The smallest absolute Gasteiger partial charge is 0.170 e. The molecule has 0 saturated carbocycles. The highest BCUT2D eigenvalue weighted by molar-refractivity contribution is 9.10. The van der Waals surface area contributed by atoms with Crippen LogP contribution in [-0.4, -0.2) is 11.2 Å². The predicted molar refractivity (Wildman–Crippen MR) is 97.7 cm³/mol. The molecule has 110 valence electrons. The standard InChI is InChI=1S/C17H19BrN2S/c1-13(10-11-14-6-3-2-4-7-14)19-17(21)20-16-9-5-8-15(18)12-16/h2-9,12-13H,10-11H2,1H3,(H2,19,20,21). The third-order valence-corrected chi connectivity index (χ3v) is 3.88. The second kappa shape index (κ2) is 8.15. The second-order valence-electron chi connectivity index (χ2n) is 5.03. The summed E-state index contributed by atoms with van der Waals surface area (Å²) in [5, 5.41) is 7.19. The SMILES string of the molecule is CC(CCc1ccccc1)NC(=S)Nc1cccc(Br)c1. The Bertz CT molecular complexity index is 586. The summed E-state index contributed by atoms with van der Waals surface area (Å²) in [6.07, 6.45) is 2.10. The Labute approximate surface area is 140 Å². The normalized spacial score (nSPS) is 11.7. The molecule has 0 heterocycles. The van der Waals surface area contributed by atoms with Crippen LogP contribution in [0.1, 0.15) is 18.9 Å². The number of nitrogens with one attached hydrogen (secondary N) is 2. The highest BCUT2D eigenvalue weighted by atomic mass is 79.9. The Balaban J connectivity index is 1.77. The van der Waals surface area contributed by atoms with Crippen LogP contribution in [0.3, 0.4) is 0 Å². The molecule has 0 radical (unpaired) electrons. The molecule has 0 spiro atoms. The molecule has 21 heavy (non-hydrogen) atoms. The number of hydrogen-bond donors (Lipinski definition) is 2. The summed E-state index contributed by atoms with van der Waals surface area (Å²) in [5.41, 5.74) is 2.34. The maximum absolute atomic E-state index is 5.35. The molecule has 0 aromatic heterocycles. The van der Waals surface area contributed by atoms with Crippen LogP contribution in [-0.2, 0) is 6.42 Å². The van der Waals surface area contributed by atoms with Crippen molar-refractivity contribution >= 4 is 38.9 Å². The zero-order valence-corrected chi connectivity index (χ0v) is 14.4. The van der Waals surface area contributed by atoms with Gasteiger partial charge < -0.3 is 10.6 Å². The quantitative estimate of drug-likeness (QED) is 0.750. The molecule has 2 rings (SSSR count). The molecule has 0 fully saturated rings. The molecule has 1 atom stereocenters. The molecule has 0 bridgehead atoms. The van der Waals surface area contributed by atoms with Crippen molar-refractivity contribution in [3.05, 3.63) is 64.6 Å². The lowest BCUT2D eigenvalue weighted by molar-refractivity contribution is 0.609. The van der Waals surface area contributed by atoms with Gasteiger partial charge >= 0.3 is 0 Å². The molecule has 1 unspecified atom stereocenters. The molecule has 0 aliphatic rings. The third kappa shape index (κ3) is 5.86. The number of benzene rings is 2. The van der Waals surface area contributed by atoms with Crippen LogP contribution >= 0.6 is 28.1 Å². The summed E-state index contributed by atoms with van der Waals surface area (Å²) in [5.74, 6) is 0. The van der Waals surface area contributed by atoms with Gasteiger partial charge in [0, 0.05) is 16.2 Å². The van der Waals surface area contributed by atoms with Crippen molar-refractivity contribution in [2.75, 3.05) is 5.32 Å². The van der Waals surface area contributed by atoms with E-state index in [1.807, 2.05) is 30.3 Å². The number of halogens is 1. The van der Waals surface area contributed by atoms with Gasteiger partial charge in [-0.2, -0.15) is 0 Å². The van der Waals surface area contributed by atoms with Crippen molar-refractivity contribution in [2.45, 2.75) is 25.8 Å². The van der Waals surface area contributed by atoms with Gasteiger partial charge in [-0.1, -0.05) is 52.3 Å². The van der Waals surface area contributed by atoms with Crippen molar-refractivity contribution in [3.63, 3.8) is 0 Å². The Morgan fingerprint density at radius 3 is 2.62 bits per heavy atom. The van der Waals surface area contributed by atoms with Crippen molar-refractivity contribution in [1.82, 2.24) is 5.32 Å². The van der Waals surface area contributed by atoms with E-state index in [4.69, 9.17) is 12.2 Å². The molecule has 2 aromatic rings. The summed E-state index contributed by atoms with van der Waals surface area (Å²) in [6, 6.07) is 18.8. The topological polar surface area (TPSA) is 24.1 Å². The lowest BCUT2D eigenvalue weighted by atomic mass is 10.1. The van der Waals surface area contributed by atoms with Gasteiger partial charge in [-0.05, 0) is 55.7 Å². The number of aryl methyl sites for hydroxylation is 1. The van der Waals surface area contributed by atoms with Gasteiger partial charge in [0.05, 0.1) is 0 Å². The molecule has 0 amide bonds. The first kappa shape index (κ1) is 16.0. The Hall–Kier alpha value is -1.39. The average molecular weight is 363 g/mol. The molecule has 2 aromatic carbocycles. The van der Waals surface area contributed by atoms with Crippen LogP contribution in [0.2, 0.25) is 0 Å². The first-order valence-corrected chi connectivity index (χ1v) is 8.20. The number of thiocarbonyl (C=S) groups is 1. The molecule has 0 aliphatic heterocycles. The molecular formula is C17H19BrN2S. The first-order chi connectivity index (χ1) is 10.1. The van der Waals surface area contributed by atoms with E-state index in [0.29, 0.717) is 11.2 Å². The fourth-order valence-corrected chi connectivity index (χ4v) is 2.78. The van der Waals surface area contributed by atoms with Crippen LogP contribution in [0, 0.1) is 0 Å². The summed E-state index contributed by atoms with van der Waals surface area (Å²) in [6.45, 7) is 2.15. The number of anilines is 1. The van der Waals surface area contributed by atoms with Gasteiger partial charge in [-0.25, -0.2) is 0 Å². The van der Waals surface area contributed by atoms with Gasteiger partial charge in [0.25, 0.3) is 0 Å². The predicted octanol–water partition coefficient (Wildman–Crippen LogP) is 4.76. The highest BCUT2D eigenvalue weighted by Gasteiger charge is 2.05. The summed E-state index contributed by atoms with van der Waals surface area (Å²) < 4.78 is 1.03. The van der Waals surface area contributed by atoms with E-state index >= 15 is 0 Å². The van der Waals surface area contributed by atoms with Gasteiger partial charge in [-0.3, -0.25) is 0 Å². The van der Waals surface area contributed by atoms with Gasteiger partial charge in [0.1, 0.15) is 0 Å². The fourth-order valence-electron chi connectivity index (χ4n) is 2.06. The van der Waals surface area contributed by atoms with E-state index in [1.54, 1.807) is 0 Å². The van der Waals surface area contributed by atoms with Crippen molar-refractivity contribution < 1.29 is 0 Å². The molecule has 0 aliphatic carbocycles. The second-order valence-corrected chi connectivity index (χ2v) is 6.36. The van der Waals surface area contributed by atoms with Gasteiger partial charge in [0.2, 0.25) is 0 Å². The molecule has 0 saturated heterocycles. The maximum Gasteiger partial charge on any atom is 0.170 e. The summed E-state index contributed by atoms with van der Waals surface area (Å²) >= 11 is 8.80. The fraction of sp³-hybridized carbons (Fsp3) is 0.235. The van der Waals surface area contributed by atoms with E-state index in [9.17, 15) is 0 Å². The minimum Gasteiger partial charge on any atom is -0.360 e. The van der Waals surface area contributed by atoms with E-state index in [2.05, 4.69) is 57.8 Å². The van der Waals surface area contributed by atoms with Crippen molar-refractivity contribution in [1.29, 1.82) is 0 Å². The Kier molecular flexibility index (Phi) is 6.21. The van der Waals surface area contributed by atoms with Crippen LogP contribution in [0.4, 0.5) is 5.69 Å². The minimum absolute atomic E-state index is 0.331. The molecule has 4 heteroatoms. The van der Waals surface area contributed by atoms with Gasteiger partial charge in [0.15, 0.2) is 5.11 Å². The van der Waals surface area contributed by atoms with E-state index < -0.39 is 0 Å². The van der Waals surface area contributed by atoms with Crippen molar-refractivity contribution in [3.8, 4) is 0 Å². The van der Waals surface area contributed by atoms with Crippen LogP contribution < -0.4 is 10.6 Å². The molecular weight excluding hydrogens is 344 g/mol. The minimum atomic E-state index is 0.331. The largest absolute Gasteiger partial charge is 0.360 e. The monoisotopic (exact) mass is 362 g/mol. The number of hydrogen-bond acceptors (Lipinski definition) is 1. The van der Waals surface area contributed by atoms with E-state index in [-0.39, 0.29) is 0 Å².